The number of anilines is 1. The second-order valence-corrected chi connectivity index (χ2v) is 7.21. The summed E-state index contributed by atoms with van der Waals surface area (Å²) >= 11 is 1.18. The molecule has 6 nitrogen and oxygen atoms in total. The standard InChI is InChI=1S/C22H23NO5S/c1-3-27-17-9-5-15(6-10-17)19-20(29-14-13-24)22(26)23(21(19)25)16-7-11-18(12-8-16)28-4-2/h5-12,24H,3-4,13-14H2,1-2H3. The van der Waals surface area contributed by atoms with Crippen molar-refractivity contribution in [1.29, 1.82) is 0 Å². The summed E-state index contributed by atoms with van der Waals surface area (Å²) in [5.74, 6) is 0.920. The quantitative estimate of drug-likeness (QED) is 0.634. The maximum Gasteiger partial charge on any atom is 0.272 e. The molecule has 0 saturated heterocycles. The lowest BCUT2D eigenvalue weighted by Crippen LogP contribution is -2.31. The molecule has 0 spiro atoms. The third-order valence-electron chi connectivity index (χ3n) is 4.24. The van der Waals surface area contributed by atoms with Gasteiger partial charge in [-0.05, 0) is 55.8 Å². The summed E-state index contributed by atoms with van der Waals surface area (Å²) in [6.07, 6.45) is 0. The topological polar surface area (TPSA) is 76.1 Å². The number of ether oxygens (including phenoxy) is 2. The minimum absolute atomic E-state index is 0.0880. The predicted octanol–water partition coefficient (Wildman–Crippen LogP) is 3.49. The number of amides is 2. The zero-order chi connectivity index (χ0) is 20.8. The number of benzene rings is 2. The zero-order valence-electron chi connectivity index (χ0n) is 16.4. The largest absolute Gasteiger partial charge is 0.494 e. The number of rotatable bonds is 9. The van der Waals surface area contributed by atoms with Crippen molar-refractivity contribution in [3.05, 3.63) is 59.0 Å². The smallest absolute Gasteiger partial charge is 0.272 e. The van der Waals surface area contributed by atoms with E-state index in [2.05, 4.69) is 0 Å². The van der Waals surface area contributed by atoms with Crippen LogP contribution in [0.2, 0.25) is 0 Å². The summed E-state index contributed by atoms with van der Waals surface area (Å²) < 4.78 is 10.9. The van der Waals surface area contributed by atoms with Crippen molar-refractivity contribution < 1.29 is 24.2 Å². The van der Waals surface area contributed by atoms with Gasteiger partial charge in [0.25, 0.3) is 11.8 Å². The Morgan fingerprint density at radius 2 is 1.41 bits per heavy atom. The van der Waals surface area contributed by atoms with E-state index in [0.717, 1.165) is 0 Å². The molecule has 0 aromatic heterocycles. The Hall–Kier alpha value is -2.77. The number of aliphatic hydroxyl groups excluding tert-OH is 1. The average Bonchev–Trinajstić information content (AvgIpc) is 2.98. The summed E-state index contributed by atoms with van der Waals surface area (Å²) in [4.78, 5) is 27.8. The van der Waals surface area contributed by atoms with E-state index < -0.39 is 0 Å². The summed E-state index contributed by atoms with van der Waals surface area (Å²) in [6, 6.07) is 13.9. The molecule has 0 radical (unpaired) electrons. The van der Waals surface area contributed by atoms with Crippen LogP contribution in [0.15, 0.2) is 53.4 Å². The molecule has 0 unspecified atom stereocenters. The lowest BCUT2D eigenvalue weighted by atomic mass is 10.1. The van der Waals surface area contributed by atoms with Gasteiger partial charge in [0, 0.05) is 5.75 Å². The Kier molecular flexibility index (Phi) is 6.95. The summed E-state index contributed by atoms with van der Waals surface area (Å²) in [7, 11) is 0. The highest BCUT2D eigenvalue weighted by molar-refractivity contribution is 8.04. The maximum absolute atomic E-state index is 13.2. The fraction of sp³-hybridized carbons (Fsp3) is 0.273. The minimum atomic E-state index is -0.388. The Morgan fingerprint density at radius 3 is 1.93 bits per heavy atom. The molecule has 152 valence electrons. The van der Waals surface area contributed by atoms with Gasteiger partial charge in [0.1, 0.15) is 11.5 Å². The van der Waals surface area contributed by atoms with Crippen LogP contribution in [0.5, 0.6) is 11.5 Å². The Balaban J connectivity index is 1.96. The van der Waals surface area contributed by atoms with Gasteiger partial charge in [0.2, 0.25) is 0 Å². The van der Waals surface area contributed by atoms with E-state index in [1.165, 1.54) is 16.7 Å². The third kappa shape index (κ3) is 4.46. The number of hydrogen-bond acceptors (Lipinski definition) is 6. The molecular weight excluding hydrogens is 390 g/mol. The maximum atomic E-state index is 13.2. The first-order valence-electron chi connectivity index (χ1n) is 9.43. The SMILES string of the molecule is CCOc1ccc(C2=C(SCCO)C(=O)N(c3ccc(OCC)cc3)C2=O)cc1. The molecular formula is C22H23NO5S. The number of hydrogen-bond donors (Lipinski definition) is 1. The Bertz CT molecular complexity index is 906. The molecule has 2 aromatic rings. The van der Waals surface area contributed by atoms with Gasteiger partial charge >= 0.3 is 0 Å². The molecule has 0 fully saturated rings. The van der Waals surface area contributed by atoms with E-state index >= 15 is 0 Å². The van der Waals surface area contributed by atoms with Gasteiger partial charge in [0.15, 0.2) is 0 Å². The van der Waals surface area contributed by atoms with Gasteiger partial charge in [-0.1, -0.05) is 12.1 Å². The molecule has 1 aliphatic rings. The van der Waals surface area contributed by atoms with Gasteiger partial charge in [-0.3, -0.25) is 9.59 Å². The van der Waals surface area contributed by atoms with Gasteiger partial charge in [-0.15, -0.1) is 11.8 Å². The van der Waals surface area contributed by atoms with Gasteiger partial charge < -0.3 is 14.6 Å². The van der Waals surface area contributed by atoms with Gasteiger partial charge in [0.05, 0.1) is 36.0 Å². The van der Waals surface area contributed by atoms with Crippen molar-refractivity contribution in [2.24, 2.45) is 0 Å². The average molecular weight is 413 g/mol. The third-order valence-corrected chi connectivity index (χ3v) is 5.29. The van der Waals surface area contributed by atoms with E-state index in [9.17, 15) is 14.7 Å². The molecule has 1 N–H and O–H groups in total. The van der Waals surface area contributed by atoms with Crippen molar-refractivity contribution >= 4 is 34.8 Å². The van der Waals surface area contributed by atoms with Crippen molar-refractivity contribution in [3.8, 4) is 11.5 Å². The van der Waals surface area contributed by atoms with E-state index in [1.807, 2.05) is 13.8 Å². The molecule has 7 heteroatoms. The van der Waals surface area contributed by atoms with Crippen LogP contribution in [0.25, 0.3) is 5.57 Å². The van der Waals surface area contributed by atoms with E-state index in [-0.39, 0.29) is 18.4 Å². The molecule has 1 heterocycles. The van der Waals surface area contributed by atoms with E-state index in [1.54, 1.807) is 48.5 Å². The predicted molar refractivity (Wildman–Crippen MR) is 114 cm³/mol. The van der Waals surface area contributed by atoms with Crippen molar-refractivity contribution in [3.63, 3.8) is 0 Å². The second kappa shape index (κ2) is 9.62. The number of carbonyl (C=O) groups excluding carboxylic acids is 2. The first kappa shape index (κ1) is 21.0. The normalized spacial score (nSPS) is 14.0. The monoisotopic (exact) mass is 413 g/mol. The molecule has 0 aliphatic carbocycles. The molecule has 0 atom stereocenters. The summed E-state index contributed by atoms with van der Waals surface area (Å²) in [6.45, 7) is 4.77. The highest BCUT2D eigenvalue weighted by Gasteiger charge is 2.40. The lowest BCUT2D eigenvalue weighted by Gasteiger charge is -2.16. The van der Waals surface area contributed by atoms with Crippen molar-refractivity contribution in [2.75, 3.05) is 30.5 Å². The fourth-order valence-electron chi connectivity index (χ4n) is 3.02. The van der Waals surface area contributed by atoms with Crippen LogP contribution in [-0.2, 0) is 9.59 Å². The van der Waals surface area contributed by atoms with Crippen LogP contribution in [-0.4, -0.2) is 42.5 Å². The molecule has 0 bridgehead atoms. The number of carbonyl (C=O) groups is 2. The second-order valence-electron chi connectivity index (χ2n) is 6.11. The first-order valence-corrected chi connectivity index (χ1v) is 10.4. The van der Waals surface area contributed by atoms with Crippen LogP contribution in [0.3, 0.4) is 0 Å². The molecule has 2 aromatic carbocycles. The molecule has 2 amide bonds. The number of aliphatic hydroxyl groups is 1. The van der Waals surface area contributed by atoms with Gasteiger partial charge in [-0.25, -0.2) is 4.90 Å². The molecule has 29 heavy (non-hydrogen) atoms. The number of thioether (sulfide) groups is 1. The zero-order valence-corrected chi connectivity index (χ0v) is 17.2. The molecule has 0 saturated carbocycles. The molecule has 1 aliphatic heterocycles. The lowest BCUT2D eigenvalue weighted by molar-refractivity contribution is -0.119. The van der Waals surface area contributed by atoms with Crippen LogP contribution in [0.4, 0.5) is 5.69 Å². The van der Waals surface area contributed by atoms with Crippen LogP contribution < -0.4 is 14.4 Å². The minimum Gasteiger partial charge on any atom is -0.494 e. The fourth-order valence-corrected chi connectivity index (χ4v) is 3.88. The van der Waals surface area contributed by atoms with Crippen LogP contribution in [0, 0.1) is 0 Å². The first-order chi connectivity index (χ1) is 14.1. The van der Waals surface area contributed by atoms with Crippen LogP contribution >= 0.6 is 11.8 Å². The van der Waals surface area contributed by atoms with Crippen molar-refractivity contribution in [1.82, 2.24) is 0 Å². The molecule has 3 rings (SSSR count). The highest BCUT2D eigenvalue weighted by Crippen LogP contribution is 2.39. The Labute approximate surface area is 174 Å². The van der Waals surface area contributed by atoms with Gasteiger partial charge in [-0.2, -0.15) is 0 Å². The highest BCUT2D eigenvalue weighted by atomic mass is 32.2. The van der Waals surface area contributed by atoms with Crippen molar-refractivity contribution in [2.45, 2.75) is 13.8 Å². The summed E-state index contributed by atoms with van der Waals surface area (Å²) in [5, 5.41) is 9.21. The number of imide groups is 1. The number of nitrogens with zero attached hydrogens (tertiary/aromatic N) is 1. The van der Waals surface area contributed by atoms with Crippen LogP contribution in [0.1, 0.15) is 19.4 Å². The van der Waals surface area contributed by atoms with E-state index in [0.29, 0.717) is 52.2 Å². The Morgan fingerprint density at radius 1 is 0.862 bits per heavy atom. The van der Waals surface area contributed by atoms with E-state index in [4.69, 9.17) is 9.47 Å². The summed E-state index contributed by atoms with van der Waals surface area (Å²) in [5.41, 5.74) is 1.46.